The number of fused-ring (bicyclic) bond motifs is 1. The number of anilines is 4. The summed E-state index contributed by atoms with van der Waals surface area (Å²) in [6, 6.07) is 18.2. The summed E-state index contributed by atoms with van der Waals surface area (Å²) in [5.41, 5.74) is 24.8. The van der Waals surface area contributed by atoms with Gasteiger partial charge in [-0.1, -0.05) is 24.3 Å². The molecule has 0 fully saturated rings. The van der Waals surface area contributed by atoms with Gasteiger partial charge in [-0.2, -0.15) is 0 Å². The molecule has 4 rings (SSSR count). The lowest BCUT2D eigenvalue weighted by Crippen LogP contribution is -2.06. The van der Waals surface area contributed by atoms with E-state index in [0.717, 1.165) is 0 Å². The van der Waals surface area contributed by atoms with Crippen molar-refractivity contribution in [3.63, 3.8) is 0 Å². The van der Waals surface area contributed by atoms with Crippen LogP contribution < -0.4 is 32.4 Å². The van der Waals surface area contributed by atoms with Gasteiger partial charge in [0.2, 0.25) is 0 Å². The predicted molar refractivity (Wildman–Crippen MR) is 122 cm³/mol. The Hall–Kier alpha value is -4.59. The summed E-state index contributed by atoms with van der Waals surface area (Å²) in [6.07, 6.45) is 0. The Balaban J connectivity index is 1.92. The van der Waals surface area contributed by atoms with Crippen LogP contribution >= 0.6 is 0 Å². The summed E-state index contributed by atoms with van der Waals surface area (Å²) in [4.78, 5) is 12.3. The SMILES string of the molecule is Nc1ccc(Oc2cc3ccccc3c(Oc3ccc(N)cc3N)c2C(=O)O)c(N)c1. The fraction of sp³-hybridized carbons (Fsp3) is 0. The molecule has 0 aromatic heterocycles. The molecule has 0 amide bonds. The first kappa shape index (κ1) is 19.7. The second kappa shape index (κ2) is 7.68. The highest BCUT2D eigenvalue weighted by molar-refractivity contribution is 6.04. The van der Waals surface area contributed by atoms with Gasteiger partial charge < -0.3 is 37.5 Å². The van der Waals surface area contributed by atoms with Crippen molar-refractivity contribution in [1.82, 2.24) is 0 Å². The maximum Gasteiger partial charge on any atom is 0.343 e. The molecule has 8 nitrogen and oxygen atoms in total. The van der Waals surface area contributed by atoms with E-state index in [9.17, 15) is 9.90 Å². The molecule has 0 aliphatic rings. The summed E-state index contributed by atoms with van der Waals surface area (Å²) >= 11 is 0. The normalized spacial score (nSPS) is 10.7. The zero-order valence-corrected chi connectivity index (χ0v) is 16.3. The Kier molecular flexibility index (Phi) is 4.88. The predicted octanol–water partition coefficient (Wildman–Crippen LogP) is 4.45. The molecule has 0 unspecified atom stereocenters. The van der Waals surface area contributed by atoms with Crippen LogP contribution in [0.2, 0.25) is 0 Å². The summed E-state index contributed by atoms with van der Waals surface area (Å²) < 4.78 is 11.9. The van der Waals surface area contributed by atoms with Crippen LogP contribution in [0.25, 0.3) is 10.8 Å². The molecule has 31 heavy (non-hydrogen) atoms. The lowest BCUT2D eigenvalue weighted by molar-refractivity contribution is 0.0691. The summed E-state index contributed by atoms with van der Waals surface area (Å²) in [5, 5.41) is 11.3. The van der Waals surface area contributed by atoms with Crippen molar-refractivity contribution in [2.24, 2.45) is 0 Å². The number of hydrogen-bond donors (Lipinski definition) is 5. The molecule has 0 saturated carbocycles. The van der Waals surface area contributed by atoms with E-state index in [1.165, 1.54) is 12.1 Å². The first-order valence-corrected chi connectivity index (χ1v) is 9.28. The van der Waals surface area contributed by atoms with Crippen LogP contribution in [0, 0.1) is 0 Å². The highest BCUT2D eigenvalue weighted by Gasteiger charge is 2.24. The number of ether oxygens (including phenoxy) is 2. The van der Waals surface area contributed by atoms with Gasteiger partial charge in [0.05, 0.1) is 11.4 Å². The Morgan fingerprint density at radius 2 is 1.29 bits per heavy atom. The minimum atomic E-state index is -1.24. The lowest BCUT2D eigenvalue weighted by atomic mass is 10.0. The van der Waals surface area contributed by atoms with Gasteiger partial charge in [-0.15, -0.1) is 0 Å². The molecule has 0 aliphatic carbocycles. The number of carboxylic acid groups (broad SMARTS) is 1. The molecule has 9 N–H and O–H groups in total. The van der Waals surface area contributed by atoms with Crippen molar-refractivity contribution >= 4 is 39.5 Å². The first-order valence-electron chi connectivity index (χ1n) is 9.28. The smallest absolute Gasteiger partial charge is 0.343 e. The van der Waals surface area contributed by atoms with Crippen molar-refractivity contribution in [2.75, 3.05) is 22.9 Å². The van der Waals surface area contributed by atoms with E-state index in [-0.39, 0.29) is 39.9 Å². The molecule has 156 valence electrons. The van der Waals surface area contributed by atoms with Gasteiger partial charge in [-0.25, -0.2) is 4.79 Å². The van der Waals surface area contributed by atoms with Crippen LogP contribution in [0.15, 0.2) is 66.7 Å². The topological polar surface area (TPSA) is 160 Å². The van der Waals surface area contributed by atoms with Crippen molar-refractivity contribution < 1.29 is 19.4 Å². The number of nitrogens with two attached hydrogens (primary N) is 4. The van der Waals surface area contributed by atoms with Gasteiger partial charge in [-0.05, 0) is 47.9 Å². The van der Waals surface area contributed by atoms with E-state index < -0.39 is 5.97 Å². The van der Waals surface area contributed by atoms with Crippen molar-refractivity contribution in [3.8, 4) is 23.0 Å². The van der Waals surface area contributed by atoms with E-state index in [0.29, 0.717) is 22.1 Å². The fourth-order valence-electron chi connectivity index (χ4n) is 3.23. The third-order valence-corrected chi connectivity index (χ3v) is 4.68. The molecule has 8 heteroatoms. The zero-order chi connectivity index (χ0) is 22.1. The maximum absolute atomic E-state index is 12.3. The second-order valence-electron chi connectivity index (χ2n) is 6.90. The van der Waals surface area contributed by atoms with Crippen LogP contribution in [0.3, 0.4) is 0 Å². The Bertz CT molecular complexity index is 1320. The summed E-state index contributed by atoms with van der Waals surface area (Å²) in [6.45, 7) is 0. The number of benzene rings is 4. The minimum Gasteiger partial charge on any atom is -0.477 e. The fourth-order valence-corrected chi connectivity index (χ4v) is 3.23. The van der Waals surface area contributed by atoms with Gasteiger partial charge in [-0.3, -0.25) is 0 Å². The second-order valence-corrected chi connectivity index (χ2v) is 6.90. The van der Waals surface area contributed by atoms with Crippen molar-refractivity contribution in [3.05, 3.63) is 72.3 Å². The highest BCUT2D eigenvalue weighted by atomic mass is 16.5. The molecule has 0 saturated heterocycles. The monoisotopic (exact) mass is 416 g/mol. The molecule has 4 aromatic rings. The van der Waals surface area contributed by atoms with Crippen molar-refractivity contribution in [1.29, 1.82) is 0 Å². The molecule has 4 aromatic carbocycles. The average molecular weight is 416 g/mol. The van der Waals surface area contributed by atoms with Gasteiger partial charge >= 0.3 is 5.97 Å². The molecule has 0 bridgehead atoms. The van der Waals surface area contributed by atoms with E-state index in [4.69, 9.17) is 32.4 Å². The van der Waals surface area contributed by atoms with Gasteiger partial charge in [0.1, 0.15) is 17.1 Å². The third kappa shape index (κ3) is 3.82. The van der Waals surface area contributed by atoms with E-state index in [2.05, 4.69) is 0 Å². The van der Waals surface area contributed by atoms with E-state index in [1.54, 1.807) is 42.5 Å². The average Bonchev–Trinajstić information content (AvgIpc) is 2.71. The number of aromatic carboxylic acids is 1. The molecule has 0 aliphatic heterocycles. The number of rotatable bonds is 5. The Morgan fingerprint density at radius 1 is 0.710 bits per heavy atom. The van der Waals surface area contributed by atoms with Gasteiger partial charge in [0.15, 0.2) is 11.5 Å². The van der Waals surface area contributed by atoms with Crippen molar-refractivity contribution in [2.45, 2.75) is 0 Å². The Labute approximate surface area is 177 Å². The molecule has 0 atom stereocenters. The number of hydrogen-bond acceptors (Lipinski definition) is 7. The van der Waals surface area contributed by atoms with E-state index in [1.807, 2.05) is 12.1 Å². The summed E-state index contributed by atoms with van der Waals surface area (Å²) in [7, 11) is 0. The standard InChI is InChI=1S/C23H20N4O4/c24-13-5-7-18(16(26)10-13)30-20-9-12-3-1-2-4-15(12)22(21(20)23(28)29)31-19-8-6-14(25)11-17(19)27/h1-11H,24-27H2,(H,28,29). The number of carbonyl (C=O) groups is 1. The van der Waals surface area contributed by atoms with Crippen LogP contribution in [-0.4, -0.2) is 11.1 Å². The van der Waals surface area contributed by atoms with Crippen LogP contribution in [-0.2, 0) is 0 Å². The van der Waals surface area contributed by atoms with Gasteiger partial charge in [0, 0.05) is 16.8 Å². The largest absolute Gasteiger partial charge is 0.477 e. The van der Waals surface area contributed by atoms with Crippen LogP contribution in [0.4, 0.5) is 22.7 Å². The summed E-state index contributed by atoms with van der Waals surface area (Å²) in [5.74, 6) is -0.549. The zero-order valence-electron chi connectivity index (χ0n) is 16.3. The van der Waals surface area contributed by atoms with E-state index >= 15 is 0 Å². The maximum atomic E-state index is 12.3. The Morgan fingerprint density at radius 3 is 1.87 bits per heavy atom. The minimum absolute atomic E-state index is 0.0617. The lowest BCUT2D eigenvalue weighted by Gasteiger charge is -2.18. The third-order valence-electron chi connectivity index (χ3n) is 4.68. The van der Waals surface area contributed by atoms with Gasteiger partial charge in [0.25, 0.3) is 0 Å². The number of carboxylic acids is 1. The molecule has 0 heterocycles. The molecule has 0 spiro atoms. The quantitative estimate of drug-likeness (QED) is 0.298. The highest BCUT2D eigenvalue weighted by Crippen LogP contribution is 2.43. The molecular weight excluding hydrogens is 396 g/mol. The number of nitrogen functional groups attached to an aromatic ring is 4. The first-order chi connectivity index (χ1) is 14.8. The molecular formula is C23H20N4O4. The van der Waals surface area contributed by atoms with Crippen LogP contribution in [0.5, 0.6) is 23.0 Å². The molecule has 0 radical (unpaired) electrons. The van der Waals surface area contributed by atoms with Crippen LogP contribution in [0.1, 0.15) is 10.4 Å².